The Hall–Kier alpha value is -0.750. The number of nitrogens with two attached hydrogens (primary N) is 1. The molecule has 0 saturated heterocycles. The van der Waals surface area contributed by atoms with Crippen LogP contribution in [0.2, 0.25) is 0 Å². The van der Waals surface area contributed by atoms with Crippen molar-refractivity contribution in [1.82, 2.24) is 4.98 Å². The van der Waals surface area contributed by atoms with Crippen molar-refractivity contribution in [2.24, 2.45) is 5.73 Å². The third kappa shape index (κ3) is 2.13. The van der Waals surface area contributed by atoms with E-state index >= 15 is 0 Å². The molecule has 1 heterocycles. The van der Waals surface area contributed by atoms with Crippen molar-refractivity contribution in [3.05, 3.63) is 32.2 Å². The zero-order valence-corrected chi connectivity index (χ0v) is 8.07. The maximum Gasteiger partial charge on any atom is 0.265 e. The van der Waals surface area contributed by atoms with Crippen LogP contribution in [0.4, 0.5) is 8.78 Å². The summed E-state index contributed by atoms with van der Waals surface area (Å²) in [5.41, 5.74) is 4.62. The van der Waals surface area contributed by atoms with Crippen LogP contribution >= 0.6 is 15.9 Å². The van der Waals surface area contributed by atoms with E-state index in [4.69, 9.17) is 5.73 Å². The zero-order valence-electron chi connectivity index (χ0n) is 6.48. The van der Waals surface area contributed by atoms with Gasteiger partial charge in [-0.3, -0.25) is 4.79 Å². The van der Waals surface area contributed by atoms with E-state index in [0.717, 1.165) is 6.07 Å². The number of rotatable bonds is 2. The van der Waals surface area contributed by atoms with Crippen LogP contribution in [0.5, 0.6) is 0 Å². The lowest BCUT2D eigenvalue weighted by Gasteiger charge is -2.06. The van der Waals surface area contributed by atoms with Crippen molar-refractivity contribution in [2.45, 2.75) is 13.0 Å². The first-order valence-corrected chi connectivity index (χ1v) is 4.25. The molecule has 0 unspecified atom stereocenters. The van der Waals surface area contributed by atoms with Gasteiger partial charge < -0.3 is 10.7 Å². The van der Waals surface area contributed by atoms with Gasteiger partial charge in [0, 0.05) is 28.3 Å². The number of aromatic nitrogens is 1. The minimum atomic E-state index is -2.68. The Balaban J connectivity index is 3.36. The van der Waals surface area contributed by atoms with Gasteiger partial charge in [-0.1, -0.05) is 0 Å². The summed E-state index contributed by atoms with van der Waals surface area (Å²) in [5, 5.41) is 0. The van der Waals surface area contributed by atoms with Gasteiger partial charge in [-0.05, 0) is 15.9 Å². The summed E-state index contributed by atoms with van der Waals surface area (Å²) in [6.45, 7) is 0.0103. The summed E-state index contributed by atoms with van der Waals surface area (Å²) in [4.78, 5) is 13.2. The van der Waals surface area contributed by atoms with E-state index in [1.165, 1.54) is 0 Å². The quantitative estimate of drug-likeness (QED) is 0.839. The Kier molecular flexibility index (Phi) is 3.16. The smallest absolute Gasteiger partial charge is 0.265 e. The van der Waals surface area contributed by atoms with Gasteiger partial charge in [0.15, 0.2) is 0 Å². The van der Waals surface area contributed by atoms with Gasteiger partial charge >= 0.3 is 0 Å². The minimum Gasteiger partial charge on any atom is -0.325 e. The van der Waals surface area contributed by atoms with Crippen LogP contribution in [0.3, 0.4) is 0 Å². The van der Waals surface area contributed by atoms with Gasteiger partial charge in [0.25, 0.3) is 6.43 Å². The predicted octanol–water partition coefficient (Wildman–Crippen LogP) is 1.53. The number of nitrogens with one attached hydrogen (secondary N) is 1. The van der Waals surface area contributed by atoms with Crippen LogP contribution in [0.15, 0.2) is 15.3 Å². The van der Waals surface area contributed by atoms with Crippen LogP contribution in [-0.4, -0.2) is 4.98 Å². The van der Waals surface area contributed by atoms with E-state index in [0.29, 0.717) is 0 Å². The molecule has 0 saturated carbocycles. The molecule has 0 aromatic carbocycles. The Bertz CT molecular complexity index is 364. The monoisotopic (exact) mass is 252 g/mol. The third-order valence-corrected chi connectivity index (χ3v) is 2.45. The Morgan fingerprint density at radius 2 is 2.23 bits per heavy atom. The molecule has 72 valence electrons. The fourth-order valence-corrected chi connectivity index (χ4v) is 1.47. The van der Waals surface area contributed by atoms with Crippen LogP contribution in [0.25, 0.3) is 0 Å². The fourth-order valence-electron chi connectivity index (χ4n) is 0.918. The number of alkyl halides is 2. The summed E-state index contributed by atoms with van der Waals surface area (Å²) in [7, 11) is 0. The number of hydrogen-bond donors (Lipinski definition) is 2. The first kappa shape index (κ1) is 10.3. The van der Waals surface area contributed by atoms with E-state index in [1.54, 1.807) is 0 Å². The fraction of sp³-hybridized carbons (Fsp3) is 0.286. The number of H-pyrrole nitrogens is 1. The van der Waals surface area contributed by atoms with E-state index < -0.39 is 12.0 Å². The molecular weight excluding hydrogens is 246 g/mol. The lowest BCUT2D eigenvalue weighted by molar-refractivity contribution is 0.150. The molecular formula is C7H7BrF2N2O. The highest BCUT2D eigenvalue weighted by atomic mass is 79.9. The lowest BCUT2D eigenvalue weighted by Crippen LogP contribution is -2.13. The second-order valence-corrected chi connectivity index (χ2v) is 3.18. The van der Waals surface area contributed by atoms with E-state index in [2.05, 4.69) is 20.9 Å². The average molecular weight is 253 g/mol. The molecule has 1 aromatic heterocycles. The number of pyridine rings is 1. The molecule has 3 nitrogen and oxygen atoms in total. The van der Waals surface area contributed by atoms with Gasteiger partial charge in [0.2, 0.25) is 5.56 Å². The molecule has 0 bridgehead atoms. The zero-order chi connectivity index (χ0) is 10.0. The predicted molar refractivity (Wildman–Crippen MR) is 47.6 cm³/mol. The molecule has 0 atom stereocenters. The number of hydrogen-bond acceptors (Lipinski definition) is 2. The Labute approximate surface area is 81.1 Å². The topological polar surface area (TPSA) is 58.9 Å². The second kappa shape index (κ2) is 3.97. The summed E-state index contributed by atoms with van der Waals surface area (Å²) in [5.74, 6) is 0. The molecule has 0 aliphatic rings. The lowest BCUT2D eigenvalue weighted by atomic mass is 10.2. The Morgan fingerprint density at radius 1 is 1.62 bits per heavy atom. The second-order valence-electron chi connectivity index (χ2n) is 2.39. The van der Waals surface area contributed by atoms with Gasteiger partial charge in [0.05, 0.1) is 0 Å². The first-order chi connectivity index (χ1) is 6.06. The molecule has 0 aliphatic heterocycles. The van der Waals surface area contributed by atoms with Gasteiger partial charge in [0.1, 0.15) is 0 Å². The first-order valence-electron chi connectivity index (χ1n) is 3.46. The third-order valence-electron chi connectivity index (χ3n) is 1.52. The van der Waals surface area contributed by atoms with Crippen LogP contribution in [0.1, 0.15) is 17.7 Å². The van der Waals surface area contributed by atoms with Gasteiger partial charge in [-0.25, -0.2) is 8.78 Å². The van der Waals surface area contributed by atoms with Crippen molar-refractivity contribution >= 4 is 15.9 Å². The van der Waals surface area contributed by atoms with E-state index in [-0.39, 0.29) is 22.3 Å². The van der Waals surface area contributed by atoms with Crippen molar-refractivity contribution in [3.63, 3.8) is 0 Å². The minimum absolute atomic E-state index is 0.0103. The number of halogens is 3. The largest absolute Gasteiger partial charge is 0.325 e. The van der Waals surface area contributed by atoms with E-state index in [9.17, 15) is 13.6 Å². The summed E-state index contributed by atoms with van der Waals surface area (Å²) in [6.07, 6.45) is -2.68. The molecule has 0 amide bonds. The molecule has 3 N–H and O–H groups in total. The standard InChI is InChI=1S/C7H7BrF2N2O/c8-6-3(7(9)10)1-5(13)12-4(6)2-11/h1,7H,2,11H2,(H,12,13). The number of aromatic amines is 1. The maximum atomic E-state index is 12.3. The molecule has 0 radical (unpaired) electrons. The molecule has 0 fully saturated rings. The Morgan fingerprint density at radius 3 is 2.69 bits per heavy atom. The molecule has 0 aliphatic carbocycles. The molecule has 1 rings (SSSR count). The summed E-state index contributed by atoms with van der Waals surface area (Å²) < 4.78 is 24.8. The highest BCUT2D eigenvalue weighted by Gasteiger charge is 2.15. The van der Waals surface area contributed by atoms with Crippen LogP contribution < -0.4 is 11.3 Å². The highest BCUT2D eigenvalue weighted by Crippen LogP contribution is 2.27. The van der Waals surface area contributed by atoms with Crippen molar-refractivity contribution in [1.29, 1.82) is 0 Å². The van der Waals surface area contributed by atoms with Crippen LogP contribution in [-0.2, 0) is 6.54 Å². The van der Waals surface area contributed by atoms with Gasteiger partial charge in [-0.15, -0.1) is 0 Å². The average Bonchev–Trinajstić information content (AvgIpc) is 2.08. The summed E-state index contributed by atoms with van der Waals surface area (Å²) in [6, 6.07) is 0.855. The van der Waals surface area contributed by atoms with Crippen molar-refractivity contribution < 1.29 is 8.78 Å². The SMILES string of the molecule is NCc1[nH]c(=O)cc(C(F)F)c1Br. The normalized spacial score (nSPS) is 10.8. The van der Waals surface area contributed by atoms with Crippen LogP contribution in [0, 0.1) is 0 Å². The highest BCUT2D eigenvalue weighted by molar-refractivity contribution is 9.10. The van der Waals surface area contributed by atoms with Gasteiger partial charge in [-0.2, -0.15) is 0 Å². The molecule has 13 heavy (non-hydrogen) atoms. The molecule has 0 spiro atoms. The van der Waals surface area contributed by atoms with E-state index in [1.807, 2.05) is 0 Å². The van der Waals surface area contributed by atoms with Crippen molar-refractivity contribution in [2.75, 3.05) is 0 Å². The maximum absolute atomic E-state index is 12.3. The van der Waals surface area contributed by atoms with Crippen molar-refractivity contribution in [3.8, 4) is 0 Å². The summed E-state index contributed by atoms with van der Waals surface area (Å²) >= 11 is 2.95. The molecule has 1 aromatic rings. The molecule has 6 heteroatoms.